The van der Waals surface area contributed by atoms with E-state index >= 15 is 0 Å². The molecule has 1 fully saturated rings. The zero-order valence-corrected chi connectivity index (χ0v) is 12.1. The van der Waals surface area contributed by atoms with Crippen molar-refractivity contribution in [3.63, 3.8) is 0 Å². The van der Waals surface area contributed by atoms with Gasteiger partial charge in [-0.3, -0.25) is 0 Å². The molecule has 0 amide bonds. The maximum Gasteiger partial charge on any atom is 0.0947 e. The maximum absolute atomic E-state index is 2.73. The van der Waals surface area contributed by atoms with Gasteiger partial charge in [0.05, 0.1) is 9.68 Å². The smallest absolute Gasteiger partial charge is 0.0947 e. The van der Waals surface area contributed by atoms with Gasteiger partial charge in [-0.2, -0.15) is 0 Å². The molecule has 0 aromatic rings. The van der Waals surface area contributed by atoms with Crippen LogP contribution in [0.4, 0.5) is 0 Å². The first-order chi connectivity index (χ1) is 5.84. The van der Waals surface area contributed by atoms with Crippen molar-refractivity contribution in [3.8, 4) is 0 Å². The summed E-state index contributed by atoms with van der Waals surface area (Å²) < 4.78 is 2.73. The lowest BCUT2D eigenvalue weighted by Gasteiger charge is -2.31. The molecule has 1 aliphatic carbocycles. The molecule has 1 nitrogen and oxygen atoms in total. The molecule has 1 rings (SSSR count). The molecule has 0 aliphatic heterocycles. The molecule has 3 heteroatoms. The third kappa shape index (κ3) is 3.41. The second-order valence-corrected chi connectivity index (χ2v) is 7.28. The normalized spacial score (nSPS) is 21.5. The number of hydrogen-bond donors (Lipinski definition) is 0. The first-order valence-electron chi connectivity index (χ1n) is 5.55. The van der Waals surface area contributed by atoms with Gasteiger partial charge in [0.2, 0.25) is 0 Å². The highest BCUT2D eigenvalue weighted by Gasteiger charge is 2.16. The molecule has 0 N–H and O–H groups in total. The molecule has 72 valence electrons. The number of hydrogen-bond acceptors (Lipinski definition) is 1. The van der Waals surface area contributed by atoms with Gasteiger partial charge >= 0.3 is 0 Å². The fourth-order valence-electron chi connectivity index (χ4n) is 2.11. The lowest BCUT2D eigenvalue weighted by atomic mass is 9.96. The molecule has 0 saturated heterocycles. The van der Waals surface area contributed by atoms with Gasteiger partial charge in [0.15, 0.2) is 0 Å². The summed E-state index contributed by atoms with van der Waals surface area (Å²) in [5.74, 6) is 0. The predicted molar refractivity (Wildman–Crippen MR) is 62.7 cm³/mol. The van der Waals surface area contributed by atoms with E-state index in [0.717, 1.165) is 6.04 Å². The van der Waals surface area contributed by atoms with Gasteiger partial charge in [-0.15, -0.1) is 0 Å². The largest absolute Gasteiger partial charge is 0.329 e. The van der Waals surface area contributed by atoms with Crippen molar-refractivity contribution in [2.75, 3.05) is 7.05 Å². The maximum atomic E-state index is 2.73. The lowest BCUT2D eigenvalue weighted by molar-refractivity contribution is 0.291. The van der Waals surface area contributed by atoms with Crippen molar-refractivity contribution in [1.29, 1.82) is 0 Å². The van der Waals surface area contributed by atoms with Crippen LogP contribution in [0.3, 0.4) is 0 Å². The van der Waals surface area contributed by atoms with Crippen LogP contribution in [0.2, 0.25) is 12.1 Å². The molecule has 0 spiro atoms. The highest BCUT2D eigenvalue weighted by molar-refractivity contribution is 6.33. The number of rotatable bonds is 4. The summed E-state index contributed by atoms with van der Waals surface area (Å²) in [4.78, 5) is 0. The van der Waals surface area contributed by atoms with Crippen molar-refractivity contribution in [1.82, 2.24) is 4.57 Å². The van der Waals surface area contributed by atoms with Crippen molar-refractivity contribution < 1.29 is 0 Å². The van der Waals surface area contributed by atoms with Crippen LogP contribution in [0.25, 0.3) is 0 Å². The fraction of sp³-hybridized carbons (Fsp3) is 1.00. The summed E-state index contributed by atoms with van der Waals surface area (Å²) in [6, 6.07) is 4.08. The van der Waals surface area contributed by atoms with Gasteiger partial charge in [0.1, 0.15) is 0 Å². The van der Waals surface area contributed by atoms with Crippen molar-refractivity contribution >= 4 is 19.9 Å². The Bertz CT molecular complexity index is 113. The van der Waals surface area contributed by atoms with Gasteiger partial charge in [-0.25, -0.2) is 0 Å². The standard InChI is InChI=1S/C9H23NSi2/c1-10(12-8-7-11)9-5-3-2-4-6-9/h9H,2-8,12H2,1,11H3. The van der Waals surface area contributed by atoms with Crippen molar-refractivity contribution in [3.05, 3.63) is 0 Å². The molecule has 1 aliphatic rings. The van der Waals surface area contributed by atoms with E-state index < -0.39 is 0 Å². The van der Waals surface area contributed by atoms with Crippen LogP contribution in [0.1, 0.15) is 32.1 Å². The van der Waals surface area contributed by atoms with E-state index in [9.17, 15) is 0 Å². The molecule has 0 atom stereocenters. The van der Waals surface area contributed by atoms with E-state index in [1.165, 1.54) is 48.4 Å². The first kappa shape index (κ1) is 10.5. The molecule has 0 aromatic heterocycles. The summed E-state index contributed by atoms with van der Waals surface area (Å²) in [5, 5.41) is 0. The van der Waals surface area contributed by atoms with Gasteiger partial charge < -0.3 is 4.57 Å². The summed E-state index contributed by atoms with van der Waals surface area (Å²) in [5.41, 5.74) is 0. The monoisotopic (exact) mass is 201 g/mol. The lowest BCUT2D eigenvalue weighted by Crippen LogP contribution is -2.36. The SMILES string of the molecule is CN([SiH2]CC[SiH3])C1CCCCC1. The fourth-order valence-corrected chi connectivity index (χ4v) is 4.61. The molecule has 0 radical (unpaired) electrons. The number of nitrogens with zero attached hydrogens (tertiary/aromatic N) is 1. The third-order valence-electron chi connectivity index (χ3n) is 3.06. The van der Waals surface area contributed by atoms with E-state index in [0.29, 0.717) is 0 Å². The molecule has 12 heavy (non-hydrogen) atoms. The van der Waals surface area contributed by atoms with Gasteiger partial charge in [0.25, 0.3) is 0 Å². The summed E-state index contributed by atoms with van der Waals surface area (Å²) in [6.07, 6.45) is 7.45. The predicted octanol–water partition coefficient (Wildman–Crippen LogP) is 0.537. The molecule has 0 aromatic carbocycles. The Morgan fingerprint density at radius 3 is 2.58 bits per heavy atom. The van der Waals surface area contributed by atoms with Crippen molar-refractivity contribution in [2.45, 2.75) is 50.2 Å². The summed E-state index contributed by atoms with van der Waals surface area (Å²) in [6.45, 7) is 0. The molecule has 0 bridgehead atoms. The van der Waals surface area contributed by atoms with Crippen molar-refractivity contribution in [2.24, 2.45) is 0 Å². The summed E-state index contributed by atoms with van der Waals surface area (Å²) in [7, 11) is 3.95. The van der Waals surface area contributed by atoms with Crippen LogP contribution >= 0.6 is 0 Å². The Morgan fingerprint density at radius 1 is 1.33 bits per heavy atom. The molecule has 0 unspecified atom stereocenters. The van der Waals surface area contributed by atoms with E-state index in [1.54, 1.807) is 6.04 Å². The average molecular weight is 201 g/mol. The van der Waals surface area contributed by atoms with Gasteiger partial charge in [-0.05, 0) is 19.9 Å². The molecule has 1 saturated carbocycles. The van der Waals surface area contributed by atoms with Crippen LogP contribution in [0.5, 0.6) is 0 Å². The Morgan fingerprint density at radius 2 is 2.00 bits per heavy atom. The first-order valence-corrected chi connectivity index (χ1v) is 8.59. The van der Waals surface area contributed by atoms with Crippen LogP contribution in [0.15, 0.2) is 0 Å². The zero-order chi connectivity index (χ0) is 8.81. The molecular weight excluding hydrogens is 178 g/mol. The highest BCUT2D eigenvalue weighted by atomic mass is 28.2. The quantitative estimate of drug-likeness (QED) is 0.600. The topological polar surface area (TPSA) is 3.24 Å². The Hall–Kier alpha value is 0.394. The van der Waals surface area contributed by atoms with E-state index in [4.69, 9.17) is 0 Å². The highest BCUT2D eigenvalue weighted by Crippen LogP contribution is 2.21. The minimum atomic E-state index is 0.159. The second kappa shape index (κ2) is 5.94. The average Bonchev–Trinajstić information content (AvgIpc) is 2.15. The van der Waals surface area contributed by atoms with Gasteiger partial charge in [-0.1, -0.05) is 31.4 Å². The van der Waals surface area contributed by atoms with E-state index in [1.807, 2.05) is 0 Å². The third-order valence-corrected chi connectivity index (χ3v) is 7.43. The minimum absolute atomic E-state index is 0.159. The van der Waals surface area contributed by atoms with Gasteiger partial charge in [0, 0.05) is 16.3 Å². The van der Waals surface area contributed by atoms with E-state index in [-0.39, 0.29) is 9.68 Å². The van der Waals surface area contributed by atoms with Crippen LogP contribution in [-0.4, -0.2) is 37.6 Å². The summed E-state index contributed by atoms with van der Waals surface area (Å²) >= 11 is 0. The Kier molecular flexibility index (Phi) is 5.19. The zero-order valence-electron chi connectivity index (χ0n) is 8.68. The van der Waals surface area contributed by atoms with Crippen LogP contribution in [0, 0.1) is 0 Å². The van der Waals surface area contributed by atoms with Crippen LogP contribution < -0.4 is 0 Å². The van der Waals surface area contributed by atoms with Crippen LogP contribution in [-0.2, 0) is 0 Å². The molecule has 0 heterocycles. The second-order valence-electron chi connectivity index (χ2n) is 4.13. The minimum Gasteiger partial charge on any atom is -0.329 e. The Balaban J connectivity index is 2.15. The van der Waals surface area contributed by atoms with E-state index in [2.05, 4.69) is 11.6 Å². The molecular formula is C9H23NSi2. The Labute approximate surface area is 82.2 Å².